The first-order chi connectivity index (χ1) is 12.7. The zero-order valence-electron chi connectivity index (χ0n) is 14.3. The number of aromatic nitrogens is 1. The molecule has 5 nitrogen and oxygen atoms in total. The quantitative estimate of drug-likeness (QED) is 0.643. The molecule has 1 amide bonds. The molecule has 1 heterocycles. The summed E-state index contributed by atoms with van der Waals surface area (Å²) in [6.07, 6.45) is 2.02. The minimum Gasteiger partial charge on any atom is -0.464 e. The fraction of sp³-hybridized carbons (Fsp3) is 0.250. The third-order valence-electron chi connectivity index (χ3n) is 4.50. The number of methoxy groups -OCH3 is 1. The summed E-state index contributed by atoms with van der Waals surface area (Å²) >= 11 is 1.38. The number of carbonyl (C=O) groups excluding carboxylic acids is 2. The average Bonchev–Trinajstić information content (AvgIpc) is 3.42. The number of thiazole rings is 1. The molecule has 3 aromatic rings. The SMILES string of the molecule is COC(=O)c1csc(CN(C(=O)c2ccc3ccccc3c2)C2CC2)n1. The van der Waals surface area contributed by atoms with Crippen LogP contribution in [0.5, 0.6) is 0 Å². The molecule has 0 N–H and O–H groups in total. The Balaban J connectivity index is 1.58. The molecule has 6 heteroatoms. The van der Waals surface area contributed by atoms with Gasteiger partial charge in [-0.15, -0.1) is 11.3 Å². The van der Waals surface area contributed by atoms with Crippen LogP contribution >= 0.6 is 11.3 Å². The van der Waals surface area contributed by atoms with Gasteiger partial charge in [-0.2, -0.15) is 0 Å². The van der Waals surface area contributed by atoms with Gasteiger partial charge in [0.1, 0.15) is 5.01 Å². The summed E-state index contributed by atoms with van der Waals surface area (Å²) in [5.41, 5.74) is 0.974. The van der Waals surface area contributed by atoms with E-state index in [9.17, 15) is 9.59 Å². The van der Waals surface area contributed by atoms with Crippen molar-refractivity contribution in [2.24, 2.45) is 0 Å². The van der Waals surface area contributed by atoms with Crippen LogP contribution in [0.3, 0.4) is 0 Å². The zero-order valence-corrected chi connectivity index (χ0v) is 15.2. The molecule has 1 aromatic heterocycles. The smallest absolute Gasteiger partial charge is 0.357 e. The highest BCUT2D eigenvalue weighted by Crippen LogP contribution is 2.31. The Morgan fingerprint density at radius 2 is 1.96 bits per heavy atom. The molecule has 4 rings (SSSR count). The Morgan fingerprint density at radius 3 is 2.69 bits per heavy atom. The predicted molar refractivity (Wildman–Crippen MR) is 100 cm³/mol. The van der Waals surface area contributed by atoms with Gasteiger partial charge in [0.2, 0.25) is 0 Å². The van der Waals surface area contributed by atoms with Crippen LogP contribution in [0.25, 0.3) is 10.8 Å². The lowest BCUT2D eigenvalue weighted by molar-refractivity contribution is 0.0594. The molecule has 0 radical (unpaired) electrons. The molecule has 0 bridgehead atoms. The number of carbonyl (C=O) groups is 2. The molecule has 0 atom stereocenters. The van der Waals surface area contributed by atoms with E-state index in [1.54, 1.807) is 5.38 Å². The number of ether oxygens (including phenoxy) is 1. The second-order valence-corrected chi connectivity index (χ2v) is 7.29. The van der Waals surface area contributed by atoms with Crippen molar-refractivity contribution in [3.8, 4) is 0 Å². The van der Waals surface area contributed by atoms with Crippen molar-refractivity contribution in [1.29, 1.82) is 0 Å². The number of hydrogen-bond acceptors (Lipinski definition) is 5. The first kappa shape index (κ1) is 16.7. The predicted octanol–water partition coefficient (Wildman–Crippen LogP) is 3.89. The second-order valence-electron chi connectivity index (χ2n) is 6.34. The summed E-state index contributed by atoms with van der Waals surface area (Å²) < 4.78 is 4.70. The molecule has 0 unspecified atom stereocenters. The maximum Gasteiger partial charge on any atom is 0.357 e. The minimum absolute atomic E-state index is 0.00747. The molecule has 1 saturated carbocycles. The lowest BCUT2D eigenvalue weighted by atomic mass is 10.1. The lowest BCUT2D eigenvalue weighted by Crippen LogP contribution is -2.32. The van der Waals surface area contributed by atoms with Gasteiger partial charge in [-0.25, -0.2) is 9.78 Å². The first-order valence-electron chi connectivity index (χ1n) is 8.48. The highest BCUT2D eigenvalue weighted by Gasteiger charge is 2.33. The summed E-state index contributed by atoms with van der Waals surface area (Å²) in [4.78, 5) is 30.8. The van der Waals surface area contributed by atoms with Gasteiger partial charge in [0.25, 0.3) is 5.91 Å². The van der Waals surface area contributed by atoms with Gasteiger partial charge in [-0.3, -0.25) is 4.79 Å². The highest BCUT2D eigenvalue weighted by molar-refractivity contribution is 7.09. The molecule has 1 aliphatic rings. The standard InChI is InChI=1S/C20H18N2O3S/c1-25-20(24)17-12-26-18(21-17)11-22(16-8-9-16)19(23)15-7-6-13-4-2-3-5-14(13)10-15/h2-7,10,12,16H,8-9,11H2,1H3. The van der Waals surface area contributed by atoms with Crippen LogP contribution in [0.15, 0.2) is 47.8 Å². The van der Waals surface area contributed by atoms with E-state index in [0.29, 0.717) is 17.8 Å². The molecule has 0 aliphatic heterocycles. The van der Waals surface area contributed by atoms with Crippen LogP contribution < -0.4 is 0 Å². The van der Waals surface area contributed by atoms with E-state index < -0.39 is 5.97 Å². The van der Waals surface area contributed by atoms with Gasteiger partial charge >= 0.3 is 5.97 Å². The number of amides is 1. The number of esters is 1. The van der Waals surface area contributed by atoms with Crippen LogP contribution in [0, 0.1) is 0 Å². The van der Waals surface area contributed by atoms with Crippen LogP contribution in [-0.2, 0) is 11.3 Å². The van der Waals surface area contributed by atoms with Gasteiger partial charge < -0.3 is 9.64 Å². The summed E-state index contributed by atoms with van der Waals surface area (Å²) in [5.74, 6) is -0.445. The fourth-order valence-electron chi connectivity index (χ4n) is 2.97. The number of rotatable bonds is 5. The molecular weight excluding hydrogens is 348 g/mol. The Hall–Kier alpha value is -2.73. The van der Waals surface area contributed by atoms with Gasteiger partial charge in [-0.05, 0) is 35.7 Å². The Kier molecular flexibility index (Phi) is 4.42. The largest absolute Gasteiger partial charge is 0.464 e. The van der Waals surface area contributed by atoms with Crippen molar-refractivity contribution in [3.63, 3.8) is 0 Å². The molecule has 132 valence electrons. The van der Waals surface area contributed by atoms with Crippen LogP contribution in [0.2, 0.25) is 0 Å². The molecule has 26 heavy (non-hydrogen) atoms. The van der Waals surface area contributed by atoms with E-state index in [1.807, 2.05) is 47.4 Å². The van der Waals surface area contributed by atoms with Gasteiger partial charge in [-0.1, -0.05) is 30.3 Å². The van der Waals surface area contributed by atoms with E-state index >= 15 is 0 Å². The summed E-state index contributed by atoms with van der Waals surface area (Å²) in [5, 5.41) is 4.58. The highest BCUT2D eigenvalue weighted by atomic mass is 32.1. The number of nitrogens with zero attached hydrogens (tertiary/aromatic N) is 2. The Labute approximate surface area is 155 Å². The fourth-order valence-corrected chi connectivity index (χ4v) is 3.73. The third kappa shape index (κ3) is 3.32. The van der Waals surface area contributed by atoms with E-state index in [4.69, 9.17) is 4.74 Å². The summed E-state index contributed by atoms with van der Waals surface area (Å²) in [6.45, 7) is 0.415. The van der Waals surface area contributed by atoms with Gasteiger partial charge in [0, 0.05) is 17.0 Å². The summed E-state index contributed by atoms with van der Waals surface area (Å²) in [6, 6.07) is 14.0. The van der Waals surface area contributed by atoms with Crippen molar-refractivity contribution < 1.29 is 14.3 Å². The van der Waals surface area contributed by atoms with Crippen molar-refractivity contribution in [3.05, 3.63) is 64.1 Å². The molecule has 2 aromatic carbocycles. The van der Waals surface area contributed by atoms with E-state index in [1.165, 1.54) is 18.4 Å². The first-order valence-corrected chi connectivity index (χ1v) is 9.36. The molecule has 1 aliphatic carbocycles. The van der Waals surface area contributed by atoms with E-state index in [2.05, 4.69) is 4.98 Å². The average molecular weight is 366 g/mol. The molecule has 0 spiro atoms. The molecule has 1 fully saturated rings. The molecule has 0 saturated heterocycles. The van der Waals surface area contributed by atoms with Crippen molar-refractivity contribution in [2.75, 3.05) is 7.11 Å². The van der Waals surface area contributed by atoms with Crippen molar-refractivity contribution in [1.82, 2.24) is 9.88 Å². The van der Waals surface area contributed by atoms with Crippen molar-refractivity contribution in [2.45, 2.75) is 25.4 Å². The Morgan fingerprint density at radius 1 is 1.19 bits per heavy atom. The summed E-state index contributed by atoms with van der Waals surface area (Å²) in [7, 11) is 1.33. The Bertz CT molecular complexity index is 978. The minimum atomic E-state index is -0.452. The maximum atomic E-state index is 13.1. The van der Waals surface area contributed by atoms with E-state index in [0.717, 1.165) is 28.6 Å². The van der Waals surface area contributed by atoms with Crippen LogP contribution in [0.4, 0.5) is 0 Å². The third-order valence-corrected chi connectivity index (χ3v) is 5.33. The van der Waals surface area contributed by atoms with Crippen LogP contribution in [-0.4, -0.2) is 34.9 Å². The number of hydrogen-bond donors (Lipinski definition) is 0. The normalized spacial score (nSPS) is 13.6. The lowest BCUT2D eigenvalue weighted by Gasteiger charge is -2.21. The monoisotopic (exact) mass is 366 g/mol. The van der Waals surface area contributed by atoms with Crippen molar-refractivity contribution >= 4 is 34.0 Å². The number of benzene rings is 2. The van der Waals surface area contributed by atoms with Gasteiger partial charge in [0.15, 0.2) is 5.69 Å². The zero-order chi connectivity index (χ0) is 18.1. The van der Waals surface area contributed by atoms with Crippen LogP contribution in [0.1, 0.15) is 38.7 Å². The maximum absolute atomic E-state index is 13.1. The topological polar surface area (TPSA) is 59.5 Å². The van der Waals surface area contributed by atoms with E-state index in [-0.39, 0.29) is 11.9 Å². The number of fused-ring (bicyclic) bond motifs is 1. The second kappa shape index (κ2) is 6.88. The van der Waals surface area contributed by atoms with Gasteiger partial charge in [0.05, 0.1) is 13.7 Å². The molecular formula is C20H18N2O3S.